The van der Waals surface area contributed by atoms with Gasteiger partial charge in [0.15, 0.2) is 11.4 Å². The van der Waals surface area contributed by atoms with Crippen molar-refractivity contribution in [3.63, 3.8) is 0 Å². The summed E-state index contributed by atoms with van der Waals surface area (Å²) in [7, 11) is 0. The van der Waals surface area contributed by atoms with Crippen LogP contribution >= 0.6 is 0 Å². The fourth-order valence-corrected chi connectivity index (χ4v) is 1.22. The fourth-order valence-electron chi connectivity index (χ4n) is 1.22. The summed E-state index contributed by atoms with van der Waals surface area (Å²) in [4.78, 5) is 0. The van der Waals surface area contributed by atoms with Gasteiger partial charge in [-0.15, -0.1) is 0 Å². The molecule has 0 spiro atoms. The van der Waals surface area contributed by atoms with Gasteiger partial charge in [-0.05, 0) is 25.7 Å². The standard InChI is InChI=1S/C6H14N2O2/c7-5(9)3-1-2-4-6(5,8)10/h9-10H,1-4,7-8H2/t5-,6-/m0/s1. The molecule has 1 fully saturated rings. The van der Waals surface area contributed by atoms with E-state index in [1.807, 2.05) is 0 Å². The second-order valence-corrected chi connectivity index (χ2v) is 3.06. The Hall–Kier alpha value is -0.160. The lowest BCUT2D eigenvalue weighted by molar-refractivity contribution is -0.168. The largest absolute Gasteiger partial charge is 0.372 e. The molecule has 1 aliphatic carbocycles. The molecule has 10 heavy (non-hydrogen) atoms. The molecule has 0 aromatic carbocycles. The molecule has 1 saturated carbocycles. The Kier molecular flexibility index (Phi) is 1.72. The van der Waals surface area contributed by atoms with Gasteiger partial charge in [0.2, 0.25) is 0 Å². The third-order valence-corrected chi connectivity index (χ3v) is 2.12. The van der Waals surface area contributed by atoms with Crippen LogP contribution in [0.15, 0.2) is 0 Å². The zero-order chi connectivity index (χ0) is 7.83. The van der Waals surface area contributed by atoms with E-state index in [1.54, 1.807) is 0 Å². The third kappa shape index (κ3) is 1.15. The minimum absolute atomic E-state index is 0.375. The molecule has 6 N–H and O–H groups in total. The maximum absolute atomic E-state index is 9.30. The zero-order valence-corrected chi connectivity index (χ0v) is 5.88. The van der Waals surface area contributed by atoms with Gasteiger partial charge in [0.05, 0.1) is 0 Å². The van der Waals surface area contributed by atoms with E-state index in [0.29, 0.717) is 12.8 Å². The average molecular weight is 146 g/mol. The van der Waals surface area contributed by atoms with E-state index in [-0.39, 0.29) is 0 Å². The smallest absolute Gasteiger partial charge is 0.155 e. The number of hydrogen-bond acceptors (Lipinski definition) is 4. The maximum Gasteiger partial charge on any atom is 0.155 e. The van der Waals surface area contributed by atoms with Crippen LogP contribution in [-0.4, -0.2) is 21.7 Å². The van der Waals surface area contributed by atoms with Crippen LogP contribution in [0.5, 0.6) is 0 Å². The van der Waals surface area contributed by atoms with Crippen LogP contribution in [0.4, 0.5) is 0 Å². The zero-order valence-electron chi connectivity index (χ0n) is 5.88. The van der Waals surface area contributed by atoms with Gasteiger partial charge in [0.1, 0.15) is 0 Å². The SMILES string of the molecule is N[C@]1(O)CCCC[C@]1(N)O. The molecule has 60 valence electrons. The summed E-state index contributed by atoms with van der Waals surface area (Å²) < 4.78 is 0. The van der Waals surface area contributed by atoms with Crippen LogP contribution in [0.25, 0.3) is 0 Å². The lowest BCUT2D eigenvalue weighted by Crippen LogP contribution is -2.67. The van der Waals surface area contributed by atoms with Crippen LogP contribution in [0.2, 0.25) is 0 Å². The topological polar surface area (TPSA) is 92.5 Å². The van der Waals surface area contributed by atoms with Gasteiger partial charge in [0.25, 0.3) is 0 Å². The van der Waals surface area contributed by atoms with Crippen molar-refractivity contribution in [1.29, 1.82) is 0 Å². The second-order valence-electron chi connectivity index (χ2n) is 3.06. The molecule has 0 radical (unpaired) electrons. The first-order chi connectivity index (χ1) is 4.46. The minimum Gasteiger partial charge on any atom is -0.372 e. The number of rotatable bonds is 0. The Balaban J connectivity index is 2.70. The quantitative estimate of drug-likeness (QED) is 0.325. The van der Waals surface area contributed by atoms with E-state index in [4.69, 9.17) is 11.5 Å². The van der Waals surface area contributed by atoms with E-state index in [1.165, 1.54) is 0 Å². The molecule has 2 atom stereocenters. The highest BCUT2D eigenvalue weighted by Crippen LogP contribution is 2.29. The van der Waals surface area contributed by atoms with Gasteiger partial charge in [-0.3, -0.25) is 0 Å². The normalized spacial score (nSPS) is 49.2. The van der Waals surface area contributed by atoms with Crippen LogP contribution < -0.4 is 11.5 Å². The molecule has 0 aliphatic heterocycles. The number of nitrogens with two attached hydrogens (primary N) is 2. The highest BCUT2D eigenvalue weighted by Gasteiger charge is 2.44. The lowest BCUT2D eigenvalue weighted by Gasteiger charge is -2.41. The Labute approximate surface area is 59.8 Å². The average Bonchev–Trinajstić information content (AvgIpc) is 1.77. The van der Waals surface area contributed by atoms with Crippen molar-refractivity contribution in [3.05, 3.63) is 0 Å². The Bertz CT molecular complexity index is 118. The Morgan fingerprint density at radius 2 is 1.20 bits per heavy atom. The van der Waals surface area contributed by atoms with Gasteiger partial charge in [-0.2, -0.15) is 0 Å². The van der Waals surface area contributed by atoms with Crippen molar-refractivity contribution >= 4 is 0 Å². The van der Waals surface area contributed by atoms with Crippen molar-refractivity contribution in [2.45, 2.75) is 37.1 Å². The lowest BCUT2D eigenvalue weighted by atomic mass is 9.85. The minimum atomic E-state index is -1.59. The summed E-state index contributed by atoms with van der Waals surface area (Å²) in [6, 6.07) is 0. The van der Waals surface area contributed by atoms with Gasteiger partial charge in [-0.1, -0.05) is 0 Å². The molecular weight excluding hydrogens is 132 g/mol. The molecule has 0 heterocycles. The van der Waals surface area contributed by atoms with Crippen molar-refractivity contribution in [1.82, 2.24) is 0 Å². The van der Waals surface area contributed by atoms with Crippen molar-refractivity contribution in [2.24, 2.45) is 11.5 Å². The van der Waals surface area contributed by atoms with E-state index < -0.39 is 11.4 Å². The van der Waals surface area contributed by atoms with Gasteiger partial charge in [0, 0.05) is 0 Å². The molecule has 0 unspecified atom stereocenters. The Morgan fingerprint density at radius 1 is 0.900 bits per heavy atom. The molecule has 1 rings (SSSR count). The molecule has 0 saturated heterocycles. The van der Waals surface area contributed by atoms with Gasteiger partial charge in [-0.25, -0.2) is 0 Å². The molecule has 4 nitrogen and oxygen atoms in total. The fraction of sp³-hybridized carbons (Fsp3) is 1.00. The summed E-state index contributed by atoms with van der Waals surface area (Å²) in [5.74, 6) is 0. The van der Waals surface area contributed by atoms with Crippen LogP contribution in [-0.2, 0) is 0 Å². The molecule has 0 bridgehead atoms. The van der Waals surface area contributed by atoms with E-state index in [2.05, 4.69) is 0 Å². The predicted octanol–water partition coefficient (Wildman–Crippen LogP) is -1.15. The molecule has 4 heteroatoms. The van der Waals surface area contributed by atoms with Crippen LogP contribution in [0.3, 0.4) is 0 Å². The number of hydrogen-bond donors (Lipinski definition) is 4. The highest BCUT2D eigenvalue weighted by molar-refractivity contribution is 4.93. The van der Waals surface area contributed by atoms with Crippen LogP contribution in [0.1, 0.15) is 25.7 Å². The molecule has 0 amide bonds. The highest BCUT2D eigenvalue weighted by atomic mass is 16.4. The summed E-state index contributed by atoms with van der Waals surface area (Å²) in [5, 5.41) is 18.6. The summed E-state index contributed by atoms with van der Waals surface area (Å²) >= 11 is 0. The molecule has 0 aromatic rings. The Morgan fingerprint density at radius 3 is 1.40 bits per heavy atom. The van der Waals surface area contributed by atoms with E-state index in [0.717, 1.165) is 12.8 Å². The third-order valence-electron chi connectivity index (χ3n) is 2.12. The monoisotopic (exact) mass is 146 g/mol. The predicted molar refractivity (Wildman–Crippen MR) is 36.7 cm³/mol. The van der Waals surface area contributed by atoms with Crippen molar-refractivity contribution < 1.29 is 10.2 Å². The van der Waals surface area contributed by atoms with E-state index in [9.17, 15) is 10.2 Å². The number of aliphatic hydroxyl groups is 2. The van der Waals surface area contributed by atoms with E-state index >= 15 is 0 Å². The summed E-state index contributed by atoms with van der Waals surface area (Å²) in [5.41, 5.74) is 7.49. The first-order valence-electron chi connectivity index (χ1n) is 3.48. The maximum atomic E-state index is 9.30. The summed E-state index contributed by atoms with van der Waals surface area (Å²) in [6.07, 6.45) is 2.40. The summed E-state index contributed by atoms with van der Waals surface area (Å²) in [6.45, 7) is 0. The molecule has 0 aromatic heterocycles. The van der Waals surface area contributed by atoms with Crippen LogP contribution in [0, 0.1) is 0 Å². The van der Waals surface area contributed by atoms with Crippen molar-refractivity contribution in [3.8, 4) is 0 Å². The molecular formula is C6H14N2O2. The van der Waals surface area contributed by atoms with Gasteiger partial charge < -0.3 is 21.7 Å². The van der Waals surface area contributed by atoms with Crippen molar-refractivity contribution in [2.75, 3.05) is 0 Å². The van der Waals surface area contributed by atoms with Gasteiger partial charge >= 0.3 is 0 Å². The second kappa shape index (κ2) is 2.17. The molecule has 1 aliphatic rings. The first kappa shape index (κ1) is 7.94. The first-order valence-corrected chi connectivity index (χ1v) is 3.48.